The van der Waals surface area contributed by atoms with Crippen LogP contribution in [0.1, 0.15) is 26.3 Å². The van der Waals surface area contributed by atoms with Crippen LogP contribution in [0.15, 0.2) is 51.9 Å². The van der Waals surface area contributed by atoms with Crippen LogP contribution >= 0.6 is 15.9 Å². The van der Waals surface area contributed by atoms with Gasteiger partial charge in [0.15, 0.2) is 0 Å². The molecule has 0 saturated carbocycles. The van der Waals surface area contributed by atoms with Crippen LogP contribution in [0.2, 0.25) is 0 Å². The van der Waals surface area contributed by atoms with E-state index in [0.29, 0.717) is 10.2 Å². The van der Waals surface area contributed by atoms with E-state index >= 15 is 0 Å². The topological polar surface area (TPSA) is 104 Å². The smallest absolute Gasteiger partial charge is 0.337 e. The molecule has 0 aliphatic rings. The van der Waals surface area contributed by atoms with Crippen LogP contribution in [0, 0.1) is 6.92 Å². The van der Waals surface area contributed by atoms with Crippen molar-refractivity contribution < 1.29 is 24.6 Å². The zero-order valence-corrected chi connectivity index (χ0v) is 13.6. The summed E-state index contributed by atoms with van der Waals surface area (Å²) in [5, 5.41) is 17.6. The number of isocyanates is 1. The first-order valence-corrected chi connectivity index (χ1v) is 7.06. The van der Waals surface area contributed by atoms with E-state index in [0.717, 1.165) is 0 Å². The second-order valence-electron chi connectivity index (χ2n) is 4.24. The molecule has 0 heterocycles. The summed E-state index contributed by atoms with van der Waals surface area (Å²) in [6, 6.07) is 11.8. The van der Waals surface area contributed by atoms with Gasteiger partial charge in [-0.3, -0.25) is 0 Å². The van der Waals surface area contributed by atoms with Gasteiger partial charge in [0.2, 0.25) is 6.08 Å². The van der Waals surface area contributed by atoms with Gasteiger partial charge in [0.1, 0.15) is 0 Å². The van der Waals surface area contributed by atoms with Gasteiger partial charge in [0.25, 0.3) is 0 Å². The highest BCUT2D eigenvalue weighted by Crippen LogP contribution is 2.23. The molecule has 0 saturated heterocycles. The molecule has 118 valence electrons. The molecule has 7 heteroatoms. The van der Waals surface area contributed by atoms with Crippen LogP contribution in [-0.2, 0) is 4.79 Å². The Balaban J connectivity index is 0.000000253. The lowest BCUT2D eigenvalue weighted by Gasteiger charge is -2.06. The van der Waals surface area contributed by atoms with Crippen molar-refractivity contribution in [2.24, 2.45) is 4.99 Å². The van der Waals surface area contributed by atoms with E-state index in [-0.39, 0.29) is 16.7 Å². The average molecular weight is 378 g/mol. The molecule has 0 fully saturated rings. The minimum Gasteiger partial charge on any atom is -0.478 e. The summed E-state index contributed by atoms with van der Waals surface area (Å²) in [6.45, 7) is 1.47. The summed E-state index contributed by atoms with van der Waals surface area (Å²) in [5.74, 6) is -2.27. The molecule has 0 aromatic heterocycles. The summed E-state index contributed by atoms with van der Waals surface area (Å²) in [4.78, 5) is 34.6. The van der Waals surface area contributed by atoms with Gasteiger partial charge in [-0.1, -0.05) is 18.2 Å². The third-order valence-electron chi connectivity index (χ3n) is 2.79. The Labute approximate surface area is 140 Å². The third-order valence-corrected chi connectivity index (χ3v) is 3.45. The molecular weight excluding hydrogens is 366 g/mol. The first-order valence-electron chi connectivity index (χ1n) is 6.27. The maximum atomic E-state index is 10.8. The Bertz CT molecular complexity index is 768. The number of carboxylic acids is 2. The number of hydrogen-bond donors (Lipinski definition) is 2. The number of halogens is 1. The number of carbonyl (C=O) groups is 2. The molecule has 23 heavy (non-hydrogen) atoms. The van der Waals surface area contributed by atoms with E-state index in [4.69, 9.17) is 10.2 Å². The van der Waals surface area contributed by atoms with E-state index in [1.807, 2.05) is 18.2 Å². The number of carboxylic acid groups (broad SMARTS) is 2. The summed E-state index contributed by atoms with van der Waals surface area (Å²) in [5.41, 5.74) is 0.891. The van der Waals surface area contributed by atoms with Crippen LogP contribution in [0.3, 0.4) is 0 Å². The number of hydrogen-bond acceptors (Lipinski definition) is 4. The molecule has 2 aromatic carbocycles. The SMILES string of the molecule is Cc1c(C(=O)O)ccc(Br)c1C(=O)O.O=C=Nc1ccccc1. The average Bonchev–Trinajstić information content (AvgIpc) is 2.48. The summed E-state index contributed by atoms with van der Waals surface area (Å²) in [6.07, 6.45) is 1.46. The fourth-order valence-electron chi connectivity index (χ4n) is 1.73. The van der Waals surface area contributed by atoms with Crippen molar-refractivity contribution in [2.45, 2.75) is 6.92 Å². The van der Waals surface area contributed by atoms with Crippen LogP contribution in [0.25, 0.3) is 0 Å². The van der Waals surface area contributed by atoms with Crippen LogP contribution in [0.5, 0.6) is 0 Å². The van der Waals surface area contributed by atoms with Gasteiger partial charge in [-0.05, 0) is 52.7 Å². The van der Waals surface area contributed by atoms with Gasteiger partial charge < -0.3 is 10.2 Å². The van der Waals surface area contributed by atoms with E-state index in [9.17, 15) is 14.4 Å². The molecule has 2 rings (SSSR count). The van der Waals surface area contributed by atoms with Gasteiger partial charge in [-0.2, -0.15) is 4.99 Å². The largest absolute Gasteiger partial charge is 0.478 e. The lowest BCUT2D eigenvalue weighted by Crippen LogP contribution is -2.07. The molecular formula is C16H12BrNO5. The summed E-state index contributed by atoms with van der Waals surface area (Å²) >= 11 is 3.06. The molecule has 0 aliphatic heterocycles. The molecule has 0 atom stereocenters. The summed E-state index contributed by atoms with van der Waals surface area (Å²) in [7, 11) is 0. The monoisotopic (exact) mass is 377 g/mol. The standard InChI is InChI=1S/C9H7BrO4.C7H5NO/c1-4-5(8(11)12)2-3-6(10)7(4)9(13)14;9-6-8-7-4-2-1-3-5-7/h2-3H,1H3,(H,11,12)(H,13,14);1-5H. The maximum absolute atomic E-state index is 10.8. The zero-order valence-electron chi connectivity index (χ0n) is 12.0. The van der Waals surface area contributed by atoms with E-state index < -0.39 is 11.9 Å². The van der Waals surface area contributed by atoms with Crippen molar-refractivity contribution in [3.05, 3.63) is 63.6 Å². The molecule has 0 unspecified atom stereocenters. The zero-order chi connectivity index (χ0) is 17.4. The number of aliphatic imine (C=N–C) groups is 1. The molecule has 0 radical (unpaired) electrons. The Morgan fingerprint density at radius 1 is 1.04 bits per heavy atom. The summed E-state index contributed by atoms with van der Waals surface area (Å²) < 4.78 is 0.382. The highest BCUT2D eigenvalue weighted by molar-refractivity contribution is 9.10. The predicted molar refractivity (Wildman–Crippen MR) is 87.0 cm³/mol. The number of aromatic carboxylic acids is 2. The minimum atomic E-state index is -1.14. The van der Waals surface area contributed by atoms with Crippen molar-refractivity contribution in [3.63, 3.8) is 0 Å². The quantitative estimate of drug-likeness (QED) is 0.624. The van der Waals surface area contributed by atoms with Crippen molar-refractivity contribution in [3.8, 4) is 0 Å². The first kappa shape index (κ1) is 18.3. The Hall–Kier alpha value is -2.76. The number of nitrogens with zero attached hydrogens (tertiary/aromatic N) is 1. The van der Waals surface area contributed by atoms with Gasteiger partial charge in [-0.25, -0.2) is 14.4 Å². The van der Waals surface area contributed by atoms with Crippen LogP contribution in [0.4, 0.5) is 5.69 Å². The Morgan fingerprint density at radius 2 is 1.65 bits per heavy atom. The van der Waals surface area contributed by atoms with Crippen molar-refractivity contribution in [1.82, 2.24) is 0 Å². The van der Waals surface area contributed by atoms with E-state index in [2.05, 4.69) is 20.9 Å². The Kier molecular flexibility index (Phi) is 6.86. The molecule has 0 aliphatic carbocycles. The highest BCUT2D eigenvalue weighted by Gasteiger charge is 2.17. The van der Waals surface area contributed by atoms with Gasteiger partial charge in [-0.15, -0.1) is 0 Å². The van der Waals surface area contributed by atoms with Crippen LogP contribution in [-0.4, -0.2) is 28.2 Å². The lowest BCUT2D eigenvalue weighted by molar-refractivity contribution is 0.0695. The molecule has 0 amide bonds. The lowest BCUT2D eigenvalue weighted by atomic mass is 10.0. The number of benzene rings is 2. The molecule has 0 bridgehead atoms. The van der Waals surface area contributed by atoms with Gasteiger partial charge in [0, 0.05) is 4.47 Å². The highest BCUT2D eigenvalue weighted by atomic mass is 79.9. The van der Waals surface area contributed by atoms with Crippen molar-refractivity contribution >= 4 is 39.6 Å². The fraction of sp³-hybridized carbons (Fsp3) is 0.0625. The molecule has 2 aromatic rings. The van der Waals surface area contributed by atoms with Gasteiger partial charge >= 0.3 is 11.9 Å². The number of carbonyl (C=O) groups excluding carboxylic acids is 1. The van der Waals surface area contributed by atoms with E-state index in [1.54, 1.807) is 12.1 Å². The fourth-order valence-corrected chi connectivity index (χ4v) is 2.33. The second kappa shape index (κ2) is 8.63. The number of rotatable bonds is 3. The van der Waals surface area contributed by atoms with Crippen molar-refractivity contribution in [1.29, 1.82) is 0 Å². The Morgan fingerprint density at radius 3 is 2.13 bits per heavy atom. The van der Waals surface area contributed by atoms with Crippen LogP contribution < -0.4 is 0 Å². The number of para-hydroxylation sites is 1. The third kappa shape index (κ3) is 5.18. The normalized spacial score (nSPS) is 9.13. The first-order chi connectivity index (χ1) is 10.9. The van der Waals surface area contributed by atoms with E-state index in [1.165, 1.54) is 25.1 Å². The second-order valence-corrected chi connectivity index (χ2v) is 5.10. The molecule has 0 spiro atoms. The predicted octanol–water partition coefficient (Wildman–Crippen LogP) is 3.81. The molecule has 2 N–H and O–H groups in total. The minimum absolute atomic E-state index is 0.00519. The molecule has 6 nitrogen and oxygen atoms in total. The maximum Gasteiger partial charge on any atom is 0.337 e. The van der Waals surface area contributed by atoms with Crippen molar-refractivity contribution in [2.75, 3.05) is 0 Å². The van der Waals surface area contributed by atoms with Gasteiger partial charge in [0.05, 0.1) is 16.8 Å².